The van der Waals surface area contributed by atoms with Gasteiger partial charge in [0.25, 0.3) is 0 Å². The fourth-order valence-electron chi connectivity index (χ4n) is 6.76. The van der Waals surface area contributed by atoms with Crippen LogP contribution in [0.5, 0.6) is 0 Å². The number of hydrogen-bond donors (Lipinski definition) is 0. The van der Waals surface area contributed by atoms with E-state index in [4.69, 9.17) is 0 Å². The number of carbonyl (C=O) groups is 1. The van der Waals surface area contributed by atoms with Crippen LogP contribution in [0, 0.1) is 36.5 Å². The highest BCUT2D eigenvalue weighted by Gasteiger charge is 2.38. The highest BCUT2D eigenvalue weighted by Crippen LogP contribution is 2.53. The molecule has 7 rings (SSSR count). The van der Waals surface area contributed by atoms with Crippen molar-refractivity contribution < 1.29 is 31.1 Å². The summed E-state index contributed by atoms with van der Waals surface area (Å²) >= 11 is 0. The number of nitriles is 2. The molecule has 9 heteroatoms. The summed E-state index contributed by atoms with van der Waals surface area (Å²) < 4.78 is 81.9. The summed E-state index contributed by atoms with van der Waals surface area (Å²) in [5.41, 5.74) is 4.35. The van der Waals surface area contributed by atoms with Crippen molar-refractivity contribution in [3.05, 3.63) is 135 Å². The van der Waals surface area contributed by atoms with Gasteiger partial charge in [0.05, 0.1) is 11.1 Å². The fourth-order valence-corrected chi connectivity index (χ4v) is 6.76. The SMILES string of the molecule is Cc1cc(-c2ccc3c(c2)-c2ccc4c(c2C3=O)-c2cc(-c3cc(C)cc(C(F)(F)F)c3)ccc2C4=C(C#N)C#N)cc(C(F)(F)F)c1. The van der Waals surface area contributed by atoms with Crippen LogP contribution in [0.4, 0.5) is 26.3 Å². The Bertz CT molecular complexity index is 2370. The zero-order valence-electron chi connectivity index (χ0n) is 25.2. The standard InChI is InChI=1S/C39H20F6N2O/c1-19-9-23(13-26(11-19)38(40,41)42)21-4-6-30-32(15-21)28-7-8-31-34(25(17-46)18-47)29-5-3-22(16-33(29)35(31)36(28)37(30)48)24-10-20(2)12-27(14-24)39(43,44)45/h3-16H,1-2H3. The maximum Gasteiger partial charge on any atom is 0.416 e. The summed E-state index contributed by atoms with van der Waals surface area (Å²) in [6.07, 6.45) is -9.12. The summed E-state index contributed by atoms with van der Waals surface area (Å²) in [5.74, 6) is -0.355. The molecule has 0 aromatic heterocycles. The number of carbonyl (C=O) groups excluding carboxylic acids is 1. The molecule has 0 bridgehead atoms. The molecule has 0 saturated heterocycles. The second kappa shape index (κ2) is 10.5. The van der Waals surface area contributed by atoms with Gasteiger partial charge in [0, 0.05) is 22.3 Å². The molecule has 0 N–H and O–H groups in total. The van der Waals surface area contributed by atoms with Crippen LogP contribution in [0.1, 0.15) is 49.3 Å². The molecule has 0 saturated carbocycles. The average molecular weight is 647 g/mol. The number of nitrogens with zero attached hydrogens (tertiary/aromatic N) is 2. The summed E-state index contributed by atoms with van der Waals surface area (Å²) in [4.78, 5) is 14.1. The minimum absolute atomic E-state index is 0.192. The summed E-state index contributed by atoms with van der Waals surface area (Å²) in [6.45, 7) is 3.13. The van der Waals surface area contributed by atoms with Crippen LogP contribution in [0.2, 0.25) is 0 Å². The van der Waals surface area contributed by atoms with E-state index in [0.717, 1.165) is 24.3 Å². The van der Waals surface area contributed by atoms with Crippen LogP contribution in [-0.2, 0) is 12.4 Å². The predicted octanol–water partition coefficient (Wildman–Crippen LogP) is 10.7. The largest absolute Gasteiger partial charge is 0.416 e. The molecule has 0 spiro atoms. The van der Waals surface area contributed by atoms with Gasteiger partial charge in [0.15, 0.2) is 5.78 Å². The molecule has 0 atom stereocenters. The maximum atomic E-state index is 14.1. The van der Waals surface area contributed by atoms with Crippen molar-refractivity contribution in [2.24, 2.45) is 0 Å². The normalized spacial score (nSPS) is 13.0. The average Bonchev–Trinajstić information content (AvgIpc) is 3.51. The summed E-state index contributed by atoms with van der Waals surface area (Å²) in [6, 6.07) is 24.4. The van der Waals surface area contributed by atoms with Gasteiger partial charge in [-0.2, -0.15) is 36.9 Å². The first-order valence-corrected chi connectivity index (χ1v) is 14.6. The molecular formula is C39H20F6N2O. The molecular weight excluding hydrogens is 626 g/mol. The molecule has 0 heterocycles. The molecule has 0 radical (unpaired) electrons. The van der Waals surface area contributed by atoms with Gasteiger partial charge in [-0.1, -0.05) is 42.5 Å². The zero-order valence-corrected chi connectivity index (χ0v) is 25.2. The highest BCUT2D eigenvalue weighted by atomic mass is 19.4. The van der Waals surface area contributed by atoms with E-state index in [1.807, 2.05) is 12.1 Å². The first-order chi connectivity index (χ1) is 22.7. The molecule has 234 valence electrons. The van der Waals surface area contributed by atoms with Crippen LogP contribution in [-0.4, -0.2) is 5.78 Å². The Kier molecular flexibility index (Phi) is 6.75. The second-order valence-corrected chi connectivity index (χ2v) is 11.9. The minimum Gasteiger partial charge on any atom is -0.289 e. The van der Waals surface area contributed by atoms with Gasteiger partial charge < -0.3 is 0 Å². The monoisotopic (exact) mass is 646 g/mol. The number of alkyl halides is 6. The number of fused-ring (bicyclic) bond motifs is 7. The van der Waals surface area contributed by atoms with Crippen LogP contribution in [0.3, 0.4) is 0 Å². The molecule has 5 aromatic rings. The van der Waals surface area contributed by atoms with E-state index in [1.165, 1.54) is 0 Å². The van der Waals surface area contributed by atoms with E-state index in [1.54, 1.807) is 74.5 Å². The predicted molar refractivity (Wildman–Crippen MR) is 168 cm³/mol. The van der Waals surface area contributed by atoms with Crippen molar-refractivity contribution in [3.8, 4) is 56.6 Å². The molecule has 0 unspecified atom stereocenters. The lowest BCUT2D eigenvalue weighted by atomic mass is 9.92. The Morgan fingerprint density at radius 1 is 0.521 bits per heavy atom. The third kappa shape index (κ3) is 4.78. The fraction of sp³-hybridized carbons (Fsp3) is 0.103. The van der Waals surface area contributed by atoms with Gasteiger partial charge in [-0.3, -0.25) is 4.79 Å². The minimum atomic E-state index is -4.57. The van der Waals surface area contributed by atoms with Crippen molar-refractivity contribution in [1.29, 1.82) is 10.5 Å². The Labute approximate surface area is 270 Å². The van der Waals surface area contributed by atoms with Gasteiger partial charge in [-0.25, -0.2) is 0 Å². The van der Waals surface area contributed by atoms with Gasteiger partial charge in [0.2, 0.25) is 0 Å². The van der Waals surface area contributed by atoms with Crippen LogP contribution in [0.15, 0.2) is 90.5 Å². The van der Waals surface area contributed by atoms with Crippen LogP contribution in [0.25, 0.3) is 50.1 Å². The van der Waals surface area contributed by atoms with Crippen molar-refractivity contribution in [3.63, 3.8) is 0 Å². The molecule has 3 nitrogen and oxygen atoms in total. The molecule has 5 aromatic carbocycles. The molecule has 0 fully saturated rings. The van der Waals surface area contributed by atoms with Crippen LogP contribution >= 0.6 is 0 Å². The number of hydrogen-bond acceptors (Lipinski definition) is 3. The van der Waals surface area contributed by atoms with E-state index in [2.05, 4.69) is 0 Å². The third-order valence-electron chi connectivity index (χ3n) is 8.76. The van der Waals surface area contributed by atoms with Gasteiger partial charge in [-0.05, 0) is 118 Å². The van der Waals surface area contributed by atoms with E-state index in [9.17, 15) is 41.7 Å². The Morgan fingerprint density at radius 3 is 1.52 bits per heavy atom. The topological polar surface area (TPSA) is 64.7 Å². The molecule has 0 aliphatic heterocycles. The van der Waals surface area contributed by atoms with E-state index >= 15 is 0 Å². The number of halogens is 6. The third-order valence-corrected chi connectivity index (χ3v) is 8.76. The Hall–Kier alpha value is -5.93. The highest BCUT2D eigenvalue weighted by molar-refractivity contribution is 6.27. The lowest BCUT2D eigenvalue weighted by Gasteiger charge is -2.13. The molecule has 2 aliphatic carbocycles. The van der Waals surface area contributed by atoms with E-state index < -0.39 is 23.5 Å². The Balaban J connectivity index is 1.45. The second-order valence-electron chi connectivity index (χ2n) is 11.9. The molecule has 0 amide bonds. The summed E-state index contributed by atoms with van der Waals surface area (Å²) in [5, 5.41) is 19.7. The van der Waals surface area contributed by atoms with E-state index in [0.29, 0.717) is 77.9 Å². The number of allylic oxidation sites excluding steroid dienone is 1. The lowest BCUT2D eigenvalue weighted by molar-refractivity contribution is -0.138. The van der Waals surface area contributed by atoms with Crippen molar-refractivity contribution >= 4 is 11.4 Å². The first kappa shape index (κ1) is 30.7. The van der Waals surface area contributed by atoms with Crippen molar-refractivity contribution in [2.45, 2.75) is 26.2 Å². The number of rotatable bonds is 2. The van der Waals surface area contributed by atoms with E-state index in [-0.39, 0.29) is 16.9 Å². The maximum absolute atomic E-state index is 14.1. The zero-order chi connectivity index (χ0) is 34.3. The Morgan fingerprint density at radius 2 is 1.00 bits per heavy atom. The van der Waals surface area contributed by atoms with Crippen LogP contribution < -0.4 is 0 Å². The first-order valence-electron chi connectivity index (χ1n) is 14.6. The smallest absolute Gasteiger partial charge is 0.289 e. The molecule has 48 heavy (non-hydrogen) atoms. The quantitative estimate of drug-likeness (QED) is 0.139. The van der Waals surface area contributed by atoms with Crippen molar-refractivity contribution in [1.82, 2.24) is 0 Å². The van der Waals surface area contributed by atoms with Gasteiger partial charge in [-0.15, -0.1) is 0 Å². The van der Waals surface area contributed by atoms with Gasteiger partial charge >= 0.3 is 12.4 Å². The lowest BCUT2D eigenvalue weighted by Crippen LogP contribution is -2.05. The van der Waals surface area contributed by atoms with Crippen molar-refractivity contribution in [2.75, 3.05) is 0 Å². The summed E-state index contributed by atoms with van der Waals surface area (Å²) in [7, 11) is 0. The number of ketones is 1. The molecule has 2 aliphatic rings. The number of aryl methyl sites for hydroxylation is 2. The van der Waals surface area contributed by atoms with Gasteiger partial charge in [0.1, 0.15) is 17.7 Å². The number of benzene rings is 5.